The lowest BCUT2D eigenvalue weighted by Gasteiger charge is -2.41. The first kappa shape index (κ1) is 14.4. The van der Waals surface area contributed by atoms with Crippen LogP contribution in [0.15, 0.2) is 9.59 Å². The summed E-state index contributed by atoms with van der Waals surface area (Å²) in [7, 11) is 3.26. The van der Waals surface area contributed by atoms with E-state index in [-0.39, 0.29) is 11.2 Å². The van der Waals surface area contributed by atoms with Crippen LogP contribution in [-0.4, -0.2) is 26.7 Å². The summed E-state index contributed by atoms with van der Waals surface area (Å²) >= 11 is 0. The van der Waals surface area contributed by atoms with Crippen molar-refractivity contribution < 1.29 is 0 Å². The second-order valence-corrected chi connectivity index (χ2v) is 6.44. The number of fused-ring (bicyclic) bond motifs is 1. The molecule has 0 unspecified atom stereocenters. The maximum atomic E-state index is 12.4. The summed E-state index contributed by atoms with van der Waals surface area (Å²) in [6, 6.07) is 0.529. The number of anilines is 1. The van der Waals surface area contributed by atoms with Gasteiger partial charge in [0.1, 0.15) is 5.82 Å². The molecular weight excluding hydrogens is 268 g/mol. The van der Waals surface area contributed by atoms with Crippen LogP contribution < -0.4 is 16.6 Å². The van der Waals surface area contributed by atoms with Gasteiger partial charge in [-0.05, 0) is 18.8 Å². The third kappa shape index (κ3) is 2.31. The lowest BCUT2D eigenvalue weighted by molar-refractivity contribution is 0.107. The van der Waals surface area contributed by atoms with Crippen LogP contribution in [0, 0.1) is 5.92 Å². The summed E-state index contributed by atoms with van der Waals surface area (Å²) in [5.74, 6) is 1.35. The molecule has 0 radical (unpaired) electrons. The minimum atomic E-state index is -0.272. The quantitative estimate of drug-likeness (QED) is 0.833. The number of rotatable bonds is 1. The number of nitrogens with one attached hydrogen (secondary N) is 1. The van der Waals surface area contributed by atoms with E-state index in [4.69, 9.17) is 0 Å². The molecular formula is C15H24N4O2. The van der Waals surface area contributed by atoms with Crippen LogP contribution in [0.25, 0.3) is 0 Å². The van der Waals surface area contributed by atoms with Gasteiger partial charge in [0, 0.05) is 26.7 Å². The Bertz CT molecular complexity index is 661. The van der Waals surface area contributed by atoms with Crippen LogP contribution in [0.3, 0.4) is 0 Å². The minimum Gasteiger partial charge on any atom is -0.358 e. The van der Waals surface area contributed by atoms with Gasteiger partial charge in [-0.15, -0.1) is 0 Å². The van der Waals surface area contributed by atoms with Crippen molar-refractivity contribution in [2.24, 2.45) is 20.0 Å². The summed E-state index contributed by atoms with van der Waals surface area (Å²) in [5, 5.41) is 3.28. The molecule has 1 fully saturated rings. The molecule has 1 aromatic rings. The lowest BCUT2D eigenvalue weighted by Crippen LogP contribution is -2.50. The van der Waals surface area contributed by atoms with Gasteiger partial charge in [0.2, 0.25) is 0 Å². The zero-order valence-electron chi connectivity index (χ0n) is 13.1. The van der Waals surface area contributed by atoms with E-state index in [2.05, 4.69) is 17.1 Å². The summed E-state index contributed by atoms with van der Waals surface area (Å²) < 4.78 is 2.74. The molecule has 1 aliphatic carbocycles. The van der Waals surface area contributed by atoms with Crippen molar-refractivity contribution >= 4 is 5.82 Å². The predicted octanol–water partition coefficient (Wildman–Crippen LogP) is 0.848. The smallest absolute Gasteiger partial charge is 0.332 e. The first-order valence-corrected chi connectivity index (χ1v) is 7.77. The van der Waals surface area contributed by atoms with Crippen molar-refractivity contribution in [2.45, 2.75) is 45.2 Å². The van der Waals surface area contributed by atoms with Gasteiger partial charge in [0.25, 0.3) is 5.56 Å². The molecule has 0 spiro atoms. The molecule has 1 N–H and O–H groups in total. The van der Waals surface area contributed by atoms with Crippen molar-refractivity contribution in [3.63, 3.8) is 0 Å². The summed E-state index contributed by atoms with van der Waals surface area (Å²) in [6.45, 7) is 3.65. The van der Waals surface area contributed by atoms with Crippen molar-refractivity contribution in [1.82, 2.24) is 14.0 Å². The Morgan fingerprint density at radius 1 is 1.10 bits per heavy atom. The molecule has 2 heterocycles. The second kappa shape index (κ2) is 5.33. The minimum absolute atomic E-state index is 0.172. The zero-order valence-corrected chi connectivity index (χ0v) is 13.1. The van der Waals surface area contributed by atoms with E-state index in [1.807, 2.05) is 0 Å². The number of aromatic nitrogens is 2. The number of hydrogen-bond acceptors (Lipinski definition) is 4. The van der Waals surface area contributed by atoms with Crippen LogP contribution in [0.2, 0.25) is 0 Å². The Labute approximate surface area is 124 Å². The van der Waals surface area contributed by atoms with Crippen molar-refractivity contribution in [3.8, 4) is 0 Å². The molecule has 0 saturated heterocycles. The van der Waals surface area contributed by atoms with E-state index in [9.17, 15) is 9.59 Å². The predicted molar refractivity (Wildman–Crippen MR) is 82.4 cm³/mol. The molecule has 21 heavy (non-hydrogen) atoms. The molecule has 116 valence electrons. The molecule has 0 aromatic carbocycles. The molecule has 2 atom stereocenters. The molecule has 6 nitrogen and oxygen atoms in total. The van der Waals surface area contributed by atoms with Crippen molar-refractivity contribution in [1.29, 1.82) is 0 Å². The highest BCUT2D eigenvalue weighted by atomic mass is 16.2. The molecule has 3 rings (SSSR count). The Kier molecular flexibility index (Phi) is 3.65. The third-order valence-corrected chi connectivity index (χ3v) is 5.10. The molecule has 1 aromatic heterocycles. The molecule has 6 heteroatoms. The molecule has 0 amide bonds. The van der Waals surface area contributed by atoms with Crippen LogP contribution in [0.1, 0.15) is 38.2 Å². The Morgan fingerprint density at radius 3 is 2.52 bits per heavy atom. The van der Waals surface area contributed by atoms with Gasteiger partial charge in [-0.2, -0.15) is 0 Å². The summed E-state index contributed by atoms with van der Waals surface area (Å²) in [4.78, 5) is 26.7. The highest BCUT2D eigenvalue weighted by molar-refractivity contribution is 5.45. The highest BCUT2D eigenvalue weighted by Crippen LogP contribution is 2.30. The average molecular weight is 292 g/mol. The fourth-order valence-corrected chi connectivity index (χ4v) is 3.79. The molecule has 1 saturated carbocycles. The lowest BCUT2D eigenvalue weighted by atomic mass is 9.84. The average Bonchev–Trinajstić information content (AvgIpc) is 2.51. The third-order valence-electron chi connectivity index (χ3n) is 5.10. The van der Waals surface area contributed by atoms with E-state index >= 15 is 0 Å². The van der Waals surface area contributed by atoms with Crippen molar-refractivity contribution in [3.05, 3.63) is 26.4 Å². The Hall–Kier alpha value is -1.56. The largest absolute Gasteiger partial charge is 0.358 e. The van der Waals surface area contributed by atoms with Gasteiger partial charge in [-0.3, -0.25) is 18.8 Å². The fraction of sp³-hybridized carbons (Fsp3) is 0.733. The van der Waals surface area contributed by atoms with Gasteiger partial charge >= 0.3 is 5.69 Å². The standard InChI is InChI=1S/C15H24N4O2/c1-10-6-4-5-7-12(10)19-8-11-13(16-9-19)17(2)15(21)18(3)14(11)20/h10,12,16H,4-9H2,1-3H3/t10-,12-/m1/s1. The first-order valence-electron chi connectivity index (χ1n) is 7.77. The maximum Gasteiger partial charge on any atom is 0.332 e. The number of hydrogen-bond donors (Lipinski definition) is 1. The Morgan fingerprint density at radius 2 is 1.81 bits per heavy atom. The normalized spacial score (nSPS) is 26.2. The van der Waals surface area contributed by atoms with Gasteiger partial charge in [0.15, 0.2) is 0 Å². The fourth-order valence-electron chi connectivity index (χ4n) is 3.79. The van der Waals surface area contributed by atoms with E-state index in [0.717, 1.165) is 0 Å². The first-order chi connectivity index (χ1) is 10.0. The van der Waals surface area contributed by atoms with E-state index in [0.29, 0.717) is 36.6 Å². The van der Waals surface area contributed by atoms with Gasteiger partial charge < -0.3 is 5.32 Å². The molecule has 1 aliphatic heterocycles. The van der Waals surface area contributed by atoms with E-state index in [1.165, 1.54) is 30.3 Å². The topological polar surface area (TPSA) is 59.3 Å². The Balaban J connectivity index is 1.96. The summed E-state index contributed by atoms with van der Waals surface area (Å²) in [6.07, 6.45) is 5.04. The van der Waals surface area contributed by atoms with Crippen LogP contribution in [0.4, 0.5) is 5.82 Å². The van der Waals surface area contributed by atoms with Crippen LogP contribution in [-0.2, 0) is 20.6 Å². The van der Waals surface area contributed by atoms with Gasteiger partial charge in [0.05, 0.1) is 12.2 Å². The number of nitrogens with zero attached hydrogens (tertiary/aromatic N) is 3. The van der Waals surface area contributed by atoms with Crippen LogP contribution >= 0.6 is 0 Å². The SMILES string of the molecule is C[C@@H]1CCCC[C@H]1N1CNc2c(c(=O)n(C)c(=O)n2C)C1. The van der Waals surface area contributed by atoms with Gasteiger partial charge in [-0.25, -0.2) is 4.79 Å². The molecule has 2 aliphatic rings. The maximum absolute atomic E-state index is 12.4. The van der Waals surface area contributed by atoms with Gasteiger partial charge in [-0.1, -0.05) is 19.8 Å². The van der Waals surface area contributed by atoms with Crippen LogP contribution in [0.5, 0.6) is 0 Å². The molecule has 0 bridgehead atoms. The zero-order chi connectivity index (χ0) is 15.1. The highest BCUT2D eigenvalue weighted by Gasteiger charge is 2.31. The van der Waals surface area contributed by atoms with Crippen molar-refractivity contribution in [2.75, 3.05) is 12.0 Å². The monoisotopic (exact) mass is 292 g/mol. The second-order valence-electron chi connectivity index (χ2n) is 6.44. The van der Waals surface area contributed by atoms with E-state index < -0.39 is 0 Å². The van der Waals surface area contributed by atoms with E-state index in [1.54, 1.807) is 18.7 Å². The summed E-state index contributed by atoms with van der Waals surface area (Å²) in [5.41, 5.74) is 0.267.